The first-order valence-electron chi connectivity index (χ1n) is 7.51. The highest BCUT2D eigenvalue weighted by atomic mass is 16.5. The van der Waals surface area contributed by atoms with Crippen molar-refractivity contribution < 1.29 is 19.0 Å². The van der Waals surface area contributed by atoms with Crippen molar-refractivity contribution in [1.82, 2.24) is 4.90 Å². The molecular formula is C17H25NO4. The Labute approximate surface area is 132 Å². The standard InChI is InChI=1S/C17H25NO4/c1-17(2)12-18(10-14(22-17)11-20-3)16(19)9-13-7-5-6-8-15(13)21-4/h5-8,14H,9-12H2,1-4H3/t14-/m1/s1. The number of rotatable bonds is 5. The number of carbonyl (C=O) groups is 1. The fourth-order valence-corrected chi connectivity index (χ4v) is 2.88. The molecule has 0 radical (unpaired) electrons. The average molecular weight is 307 g/mol. The second kappa shape index (κ2) is 7.11. The van der Waals surface area contributed by atoms with Gasteiger partial charge in [0.25, 0.3) is 0 Å². The molecule has 0 bridgehead atoms. The largest absolute Gasteiger partial charge is 0.496 e. The summed E-state index contributed by atoms with van der Waals surface area (Å²) in [6.07, 6.45) is 0.246. The molecule has 22 heavy (non-hydrogen) atoms. The van der Waals surface area contributed by atoms with Gasteiger partial charge in [-0.25, -0.2) is 0 Å². The molecule has 0 spiro atoms. The molecule has 5 nitrogen and oxygen atoms in total. The van der Waals surface area contributed by atoms with Crippen molar-refractivity contribution in [3.8, 4) is 5.75 Å². The molecule has 1 fully saturated rings. The summed E-state index contributed by atoms with van der Waals surface area (Å²) in [6.45, 7) is 5.63. The first-order chi connectivity index (χ1) is 10.4. The minimum Gasteiger partial charge on any atom is -0.496 e. The van der Waals surface area contributed by atoms with Gasteiger partial charge >= 0.3 is 0 Å². The molecule has 0 aliphatic carbocycles. The third-order valence-electron chi connectivity index (χ3n) is 3.72. The molecule has 1 heterocycles. The molecule has 1 atom stereocenters. The highest BCUT2D eigenvalue weighted by Crippen LogP contribution is 2.23. The van der Waals surface area contributed by atoms with Crippen LogP contribution in [0.3, 0.4) is 0 Å². The zero-order valence-electron chi connectivity index (χ0n) is 13.8. The molecule has 1 aromatic carbocycles. The van der Waals surface area contributed by atoms with E-state index in [9.17, 15) is 4.79 Å². The monoisotopic (exact) mass is 307 g/mol. The Bertz CT molecular complexity index is 515. The van der Waals surface area contributed by atoms with Gasteiger partial charge in [0.15, 0.2) is 0 Å². The van der Waals surface area contributed by atoms with Crippen molar-refractivity contribution in [1.29, 1.82) is 0 Å². The second-order valence-corrected chi connectivity index (χ2v) is 6.22. The predicted octanol–water partition coefficient (Wildman–Crippen LogP) is 1.89. The number of carbonyl (C=O) groups excluding carboxylic acids is 1. The fourth-order valence-electron chi connectivity index (χ4n) is 2.88. The summed E-state index contributed by atoms with van der Waals surface area (Å²) in [7, 11) is 3.27. The van der Waals surface area contributed by atoms with Gasteiger partial charge in [0.2, 0.25) is 5.91 Å². The summed E-state index contributed by atoms with van der Waals surface area (Å²) in [6, 6.07) is 7.62. The molecule has 0 unspecified atom stereocenters. The van der Waals surface area contributed by atoms with Crippen molar-refractivity contribution in [2.24, 2.45) is 0 Å². The van der Waals surface area contributed by atoms with Crippen molar-refractivity contribution in [2.45, 2.75) is 32.0 Å². The molecule has 1 aliphatic heterocycles. The normalized spacial score (nSPS) is 20.7. The molecule has 122 valence electrons. The summed E-state index contributed by atoms with van der Waals surface area (Å²) in [5.74, 6) is 0.832. The van der Waals surface area contributed by atoms with E-state index in [-0.39, 0.29) is 17.6 Å². The SMILES string of the molecule is COC[C@H]1CN(C(=O)Cc2ccccc2OC)CC(C)(C)O1. The quantitative estimate of drug-likeness (QED) is 0.833. The van der Waals surface area contributed by atoms with Gasteiger partial charge in [-0.2, -0.15) is 0 Å². The van der Waals surface area contributed by atoms with Crippen molar-refractivity contribution in [3.05, 3.63) is 29.8 Å². The third kappa shape index (κ3) is 4.21. The molecule has 0 aromatic heterocycles. The fraction of sp³-hybridized carbons (Fsp3) is 0.588. The second-order valence-electron chi connectivity index (χ2n) is 6.22. The maximum atomic E-state index is 12.6. The van der Waals surface area contributed by atoms with E-state index in [4.69, 9.17) is 14.2 Å². The van der Waals surface area contributed by atoms with Gasteiger partial charge in [0, 0.05) is 25.8 Å². The van der Waals surface area contributed by atoms with Crippen LogP contribution in [0.1, 0.15) is 19.4 Å². The van der Waals surface area contributed by atoms with Gasteiger partial charge in [-0.3, -0.25) is 4.79 Å². The minimum atomic E-state index is -0.363. The minimum absolute atomic E-state index is 0.0852. The van der Waals surface area contributed by atoms with Crippen LogP contribution < -0.4 is 4.74 Å². The third-order valence-corrected chi connectivity index (χ3v) is 3.72. The number of hydrogen-bond donors (Lipinski definition) is 0. The van der Waals surface area contributed by atoms with Crippen LogP contribution in [0.5, 0.6) is 5.75 Å². The first kappa shape index (κ1) is 16.8. The van der Waals surface area contributed by atoms with Crippen molar-refractivity contribution in [3.63, 3.8) is 0 Å². The van der Waals surface area contributed by atoms with Gasteiger partial charge in [0.05, 0.1) is 31.8 Å². The van der Waals surface area contributed by atoms with E-state index in [0.717, 1.165) is 11.3 Å². The van der Waals surface area contributed by atoms with Crippen LogP contribution >= 0.6 is 0 Å². The van der Waals surface area contributed by atoms with Crippen LogP contribution in [0.15, 0.2) is 24.3 Å². The smallest absolute Gasteiger partial charge is 0.227 e. The summed E-state index contributed by atoms with van der Waals surface area (Å²) in [4.78, 5) is 14.5. The molecule has 1 amide bonds. The Morgan fingerprint density at radius 2 is 2.09 bits per heavy atom. The molecule has 5 heteroatoms. The van der Waals surface area contributed by atoms with Gasteiger partial charge < -0.3 is 19.1 Å². The Morgan fingerprint density at radius 1 is 1.36 bits per heavy atom. The van der Waals surface area contributed by atoms with E-state index in [1.807, 2.05) is 43.0 Å². The van der Waals surface area contributed by atoms with Gasteiger partial charge in [-0.1, -0.05) is 18.2 Å². The Hall–Kier alpha value is -1.59. The molecule has 2 rings (SSSR count). The van der Waals surface area contributed by atoms with E-state index in [1.165, 1.54) is 0 Å². The lowest BCUT2D eigenvalue weighted by Gasteiger charge is -2.42. The zero-order valence-corrected chi connectivity index (χ0v) is 13.8. The number of amides is 1. The lowest BCUT2D eigenvalue weighted by atomic mass is 10.0. The number of benzene rings is 1. The Balaban J connectivity index is 2.07. The lowest BCUT2D eigenvalue weighted by Crippen LogP contribution is -2.56. The number of ether oxygens (including phenoxy) is 3. The number of para-hydroxylation sites is 1. The van der Waals surface area contributed by atoms with Crippen molar-refractivity contribution >= 4 is 5.91 Å². The molecule has 1 aromatic rings. The zero-order chi connectivity index (χ0) is 16.2. The molecule has 0 N–H and O–H groups in total. The maximum absolute atomic E-state index is 12.6. The van der Waals surface area contributed by atoms with Crippen LogP contribution in [0.25, 0.3) is 0 Å². The highest BCUT2D eigenvalue weighted by molar-refractivity contribution is 5.79. The summed E-state index contributed by atoms with van der Waals surface area (Å²) in [5.41, 5.74) is 0.542. The Kier molecular flexibility index (Phi) is 5.42. The highest BCUT2D eigenvalue weighted by Gasteiger charge is 2.35. The predicted molar refractivity (Wildman–Crippen MR) is 84.1 cm³/mol. The van der Waals surface area contributed by atoms with E-state index in [1.54, 1.807) is 14.2 Å². The van der Waals surface area contributed by atoms with E-state index in [2.05, 4.69) is 0 Å². The maximum Gasteiger partial charge on any atom is 0.227 e. The summed E-state index contributed by atoms with van der Waals surface area (Å²) < 4.78 is 16.4. The van der Waals surface area contributed by atoms with Gasteiger partial charge in [-0.05, 0) is 19.9 Å². The van der Waals surface area contributed by atoms with Crippen molar-refractivity contribution in [2.75, 3.05) is 33.9 Å². The number of morpholine rings is 1. The summed E-state index contributed by atoms with van der Waals surface area (Å²) >= 11 is 0. The molecule has 0 saturated carbocycles. The molecule has 1 aliphatic rings. The number of methoxy groups -OCH3 is 2. The topological polar surface area (TPSA) is 48.0 Å². The number of nitrogens with zero attached hydrogens (tertiary/aromatic N) is 1. The van der Waals surface area contributed by atoms with E-state index in [0.29, 0.717) is 26.1 Å². The number of hydrogen-bond acceptors (Lipinski definition) is 4. The van der Waals surface area contributed by atoms with Gasteiger partial charge in [-0.15, -0.1) is 0 Å². The average Bonchev–Trinajstić information content (AvgIpc) is 2.46. The first-order valence-corrected chi connectivity index (χ1v) is 7.51. The van der Waals surface area contributed by atoms with E-state index < -0.39 is 0 Å². The van der Waals surface area contributed by atoms with Crippen LogP contribution in [-0.2, 0) is 20.7 Å². The lowest BCUT2D eigenvalue weighted by molar-refractivity contribution is -0.168. The van der Waals surface area contributed by atoms with Gasteiger partial charge in [0.1, 0.15) is 5.75 Å². The van der Waals surface area contributed by atoms with Crippen LogP contribution in [-0.4, -0.2) is 56.4 Å². The molecule has 1 saturated heterocycles. The molecular weight excluding hydrogens is 282 g/mol. The van der Waals surface area contributed by atoms with Crippen LogP contribution in [0.2, 0.25) is 0 Å². The summed E-state index contributed by atoms with van der Waals surface area (Å²) in [5, 5.41) is 0. The van der Waals surface area contributed by atoms with Crippen LogP contribution in [0.4, 0.5) is 0 Å². The van der Waals surface area contributed by atoms with E-state index >= 15 is 0 Å². The Morgan fingerprint density at radius 3 is 2.77 bits per heavy atom. The van der Waals surface area contributed by atoms with Crippen LogP contribution in [0, 0.1) is 0 Å².